The predicted molar refractivity (Wildman–Crippen MR) is 121 cm³/mol. The van der Waals surface area contributed by atoms with Gasteiger partial charge in [-0.2, -0.15) is 5.26 Å². The summed E-state index contributed by atoms with van der Waals surface area (Å²) < 4.78 is 35.5. The number of esters is 1. The van der Waals surface area contributed by atoms with Crippen molar-refractivity contribution in [2.24, 2.45) is 28.9 Å². The Morgan fingerprint density at radius 3 is 2.68 bits per heavy atom. The minimum atomic E-state index is -3.18. The maximum Gasteiger partial charge on any atom is 0.313 e. The molecule has 0 bridgehead atoms. The molecule has 0 spiro atoms. The number of nitrogens with zero attached hydrogens (tertiary/aromatic N) is 2. The van der Waals surface area contributed by atoms with Gasteiger partial charge in [-0.3, -0.25) is 14.6 Å². The summed E-state index contributed by atoms with van der Waals surface area (Å²) in [6.45, 7) is 3.12. The molecule has 2 aromatic rings. The fraction of sp³-hybridized carbons (Fsp3) is 0.385. The maximum absolute atomic E-state index is 15.1. The number of fused-ring (bicyclic) bond motifs is 1. The monoisotopic (exact) mass is 465 g/mol. The Morgan fingerprint density at radius 1 is 1.29 bits per heavy atom. The molecule has 6 nitrogen and oxygen atoms in total. The first kappa shape index (κ1) is 23.6. The molecule has 1 saturated carbocycles. The smallest absolute Gasteiger partial charge is 0.313 e. The quantitative estimate of drug-likeness (QED) is 0.661. The number of aromatic nitrogens is 1. The molecule has 1 saturated heterocycles. The lowest BCUT2D eigenvalue weighted by Gasteiger charge is -2.47. The highest BCUT2D eigenvalue weighted by Gasteiger charge is 2.68. The summed E-state index contributed by atoms with van der Waals surface area (Å²) in [7, 11) is 0. The van der Waals surface area contributed by atoms with E-state index in [-0.39, 0.29) is 0 Å². The van der Waals surface area contributed by atoms with Crippen molar-refractivity contribution in [3.8, 4) is 17.2 Å². The van der Waals surface area contributed by atoms with E-state index in [1.54, 1.807) is 43.5 Å². The van der Waals surface area contributed by atoms with Gasteiger partial charge in [0.05, 0.1) is 22.7 Å². The van der Waals surface area contributed by atoms with Crippen molar-refractivity contribution in [3.05, 3.63) is 59.9 Å². The van der Waals surface area contributed by atoms with Gasteiger partial charge in [-0.05, 0) is 31.1 Å². The van der Waals surface area contributed by atoms with E-state index in [0.29, 0.717) is 11.3 Å². The van der Waals surface area contributed by atoms with E-state index in [0.717, 1.165) is 11.1 Å². The third-order valence-corrected chi connectivity index (χ3v) is 7.18. The fourth-order valence-electron chi connectivity index (χ4n) is 5.55. The third-order valence-electron chi connectivity index (χ3n) is 7.18. The number of pyridine rings is 1. The first-order valence-corrected chi connectivity index (χ1v) is 11.1. The number of rotatable bonds is 5. The zero-order valence-electron chi connectivity index (χ0n) is 18.9. The SMILES string of the molecule is CC1OC(=O)C2(CC(N)=O)CC(F)(F)C(C)C(C=Cc3ccc(-c4ccccc4C#N)cn3)C12. The lowest BCUT2D eigenvalue weighted by molar-refractivity contribution is -0.174. The minimum Gasteiger partial charge on any atom is -0.462 e. The molecule has 34 heavy (non-hydrogen) atoms. The van der Waals surface area contributed by atoms with Crippen LogP contribution in [0.25, 0.3) is 17.2 Å². The summed E-state index contributed by atoms with van der Waals surface area (Å²) in [4.78, 5) is 28.8. The number of alkyl halides is 2. The Kier molecular flexibility index (Phi) is 5.98. The molecular formula is C26H25F2N3O3. The van der Waals surface area contributed by atoms with Gasteiger partial charge in [-0.1, -0.05) is 37.3 Å². The Hall–Kier alpha value is -3.60. The van der Waals surface area contributed by atoms with E-state index < -0.39 is 59.9 Å². The maximum atomic E-state index is 15.1. The van der Waals surface area contributed by atoms with Gasteiger partial charge >= 0.3 is 5.97 Å². The lowest BCUT2D eigenvalue weighted by Crippen LogP contribution is -2.54. The fourth-order valence-corrected chi connectivity index (χ4v) is 5.55. The number of nitriles is 1. The number of carbonyl (C=O) groups excluding carboxylic acids is 2. The van der Waals surface area contributed by atoms with Crippen molar-refractivity contribution < 1.29 is 23.1 Å². The number of allylic oxidation sites excluding steroid dienone is 1. The van der Waals surface area contributed by atoms with Crippen LogP contribution in [0.5, 0.6) is 0 Å². The molecule has 0 radical (unpaired) electrons. The topological polar surface area (TPSA) is 106 Å². The second-order valence-corrected chi connectivity index (χ2v) is 9.23. The highest BCUT2D eigenvalue weighted by atomic mass is 19.3. The van der Waals surface area contributed by atoms with Gasteiger partial charge in [-0.15, -0.1) is 0 Å². The van der Waals surface area contributed by atoms with Crippen LogP contribution in [0.4, 0.5) is 8.78 Å². The van der Waals surface area contributed by atoms with Crippen molar-refractivity contribution in [2.75, 3.05) is 0 Å². The van der Waals surface area contributed by atoms with Gasteiger partial charge in [0.2, 0.25) is 5.91 Å². The number of benzene rings is 1. The average molecular weight is 466 g/mol. The Morgan fingerprint density at radius 2 is 2.03 bits per heavy atom. The van der Waals surface area contributed by atoms with E-state index >= 15 is 8.78 Å². The summed E-state index contributed by atoms with van der Waals surface area (Å²) in [6.07, 6.45) is 3.05. The van der Waals surface area contributed by atoms with E-state index in [4.69, 9.17) is 10.5 Å². The molecule has 1 aromatic heterocycles. The largest absolute Gasteiger partial charge is 0.462 e. The summed E-state index contributed by atoms with van der Waals surface area (Å²) >= 11 is 0. The lowest BCUT2D eigenvalue weighted by atomic mass is 9.55. The summed E-state index contributed by atoms with van der Waals surface area (Å²) in [5.41, 5.74) is 6.29. The van der Waals surface area contributed by atoms with E-state index in [2.05, 4.69) is 11.1 Å². The third kappa shape index (κ3) is 3.96. The molecule has 1 aliphatic heterocycles. The number of halogens is 2. The highest BCUT2D eigenvalue weighted by Crippen LogP contribution is 2.60. The van der Waals surface area contributed by atoms with Crippen LogP contribution in [0.3, 0.4) is 0 Å². The van der Waals surface area contributed by atoms with Crippen molar-refractivity contribution in [2.45, 2.75) is 38.7 Å². The van der Waals surface area contributed by atoms with E-state index in [1.165, 1.54) is 6.92 Å². The molecule has 176 valence electrons. The molecule has 2 N–H and O–H groups in total. The van der Waals surface area contributed by atoms with Crippen molar-refractivity contribution in [1.29, 1.82) is 5.26 Å². The van der Waals surface area contributed by atoms with Crippen LogP contribution in [-0.4, -0.2) is 28.9 Å². The Labute approximate surface area is 196 Å². The second kappa shape index (κ2) is 8.64. The minimum absolute atomic E-state index is 0.473. The van der Waals surface area contributed by atoms with Crippen LogP contribution in [0.15, 0.2) is 48.7 Å². The number of primary amides is 1. The number of hydrogen-bond donors (Lipinski definition) is 1. The molecule has 1 aromatic carbocycles. The van der Waals surface area contributed by atoms with Crippen molar-refractivity contribution in [3.63, 3.8) is 0 Å². The Balaban J connectivity index is 1.66. The molecule has 2 aliphatic rings. The van der Waals surface area contributed by atoms with Gasteiger partial charge in [0.1, 0.15) is 6.10 Å². The Bertz CT molecular complexity index is 1190. The molecule has 1 amide bonds. The molecule has 4 rings (SSSR count). The normalized spacial score (nSPS) is 29.9. The number of nitrogens with two attached hydrogens (primary N) is 1. The van der Waals surface area contributed by atoms with E-state index in [1.807, 2.05) is 18.2 Å². The standard InChI is InChI=1S/C26H25F2N3O3/c1-15-20(23-16(2)34-24(33)25(23,11-22(30)32)14-26(15,27)28)10-9-19-8-7-18(13-31-19)21-6-4-3-5-17(21)12-29/h3-10,13,15-16,20,23H,11,14H2,1-2H3,(H2,30,32). The molecule has 2 fully saturated rings. The van der Waals surface area contributed by atoms with Crippen LogP contribution in [-0.2, 0) is 14.3 Å². The van der Waals surface area contributed by atoms with Crippen molar-refractivity contribution in [1.82, 2.24) is 4.98 Å². The first-order chi connectivity index (χ1) is 16.1. The van der Waals surface area contributed by atoms with Gasteiger partial charge < -0.3 is 10.5 Å². The van der Waals surface area contributed by atoms with Gasteiger partial charge in [0.15, 0.2) is 0 Å². The van der Waals surface area contributed by atoms with E-state index in [9.17, 15) is 14.9 Å². The van der Waals surface area contributed by atoms with Crippen molar-refractivity contribution >= 4 is 18.0 Å². The molecule has 1 aliphatic carbocycles. The average Bonchev–Trinajstić information content (AvgIpc) is 3.02. The highest BCUT2D eigenvalue weighted by molar-refractivity contribution is 5.87. The van der Waals surface area contributed by atoms with Gasteiger partial charge in [0.25, 0.3) is 5.92 Å². The summed E-state index contributed by atoms with van der Waals surface area (Å²) in [5.74, 6) is -7.19. The number of ether oxygens (including phenoxy) is 1. The number of cyclic esters (lactones) is 1. The molecular weight excluding hydrogens is 440 g/mol. The van der Waals surface area contributed by atoms with Gasteiger partial charge in [0, 0.05) is 42.0 Å². The van der Waals surface area contributed by atoms with Gasteiger partial charge in [-0.25, -0.2) is 8.78 Å². The zero-order valence-corrected chi connectivity index (χ0v) is 18.9. The zero-order chi connectivity index (χ0) is 24.7. The first-order valence-electron chi connectivity index (χ1n) is 11.1. The number of hydrogen-bond acceptors (Lipinski definition) is 5. The van der Waals surface area contributed by atoms with Crippen LogP contribution >= 0.6 is 0 Å². The summed E-state index contributed by atoms with van der Waals surface area (Å²) in [5, 5.41) is 9.31. The molecule has 2 heterocycles. The van der Waals surface area contributed by atoms with Crippen LogP contribution in [0, 0.1) is 34.5 Å². The number of carbonyl (C=O) groups is 2. The predicted octanol–water partition coefficient (Wildman–Crippen LogP) is 4.35. The second-order valence-electron chi connectivity index (χ2n) is 9.23. The summed E-state index contributed by atoms with van der Waals surface area (Å²) in [6, 6.07) is 12.9. The molecule has 5 unspecified atom stereocenters. The molecule has 8 heteroatoms. The van der Waals surface area contributed by atoms with Crippen LogP contribution in [0.1, 0.15) is 37.9 Å². The van der Waals surface area contributed by atoms with Crippen LogP contribution in [0.2, 0.25) is 0 Å². The van der Waals surface area contributed by atoms with Crippen LogP contribution < -0.4 is 5.73 Å². The molecule has 5 atom stereocenters. The number of amides is 1.